The average molecular weight is 302 g/mol. The van der Waals surface area contributed by atoms with Gasteiger partial charge >= 0.3 is 0 Å². The summed E-state index contributed by atoms with van der Waals surface area (Å²) in [5.41, 5.74) is 3.15. The molecule has 0 aromatic heterocycles. The van der Waals surface area contributed by atoms with Crippen LogP contribution >= 0.6 is 0 Å². The van der Waals surface area contributed by atoms with Crippen molar-refractivity contribution in [3.05, 3.63) is 65.2 Å². The van der Waals surface area contributed by atoms with Gasteiger partial charge in [0.05, 0.1) is 4.90 Å². The molecule has 0 spiro atoms. The maximum atomic E-state index is 12.8. The van der Waals surface area contributed by atoms with Gasteiger partial charge in [0.15, 0.2) is 0 Å². The normalized spacial score (nSPS) is 15.1. The minimum absolute atomic E-state index is 0.364. The highest BCUT2D eigenvalue weighted by Gasteiger charge is 2.30. The Morgan fingerprint density at radius 2 is 1.71 bits per heavy atom. The summed E-state index contributed by atoms with van der Waals surface area (Å²) < 4.78 is 27.1. The SMILES string of the molecule is CNCc1cccc(S(=O)(=O)N2Cc3ccccc3C2)c1. The number of rotatable bonds is 4. The number of benzene rings is 2. The Morgan fingerprint density at radius 3 is 2.33 bits per heavy atom. The molecule has 0 bridgehead atoms. The molecule has 1 N–H and O–H groups in total. The molecule has 1 aliphatic rings. The van der Waals surface area contributed by atoms with Crippen LogP contribution in [-0.4, -0.2) is 19.8 Å². The van der Waals surface area contributed by atoms with Gasteiger partial charge in [-0.05, 0) is 35.9 Å². The number of hydrogen-bond donors (Lipinski definition) is 1. The molecule has 0 fully saturated rings. The van der Waals surface area contributed by atoms with Crippen LogP contribution < -0.4 is 5.32 Å². The van der Waals surface area contributed by atoms with E-state index in [9.17, 15) is 8.42 Å². The number of nitrogens with one attached hydrogen (secondary N) is 1. The summed E-state index contributed by atoms with van der Waals surface area (Å²) in [6.45, 7) is 1.56. The minimum Gasteiger partial charge on any atom is -0.316 e. The van der Waals surface area contributed by atoms with Crippen LogP contribution in [0.3, 0.4) is 0 Å². The van der Waals surface area contributed by atoms with E-state index in [0.717, 1.165) is 16.7 Å². The third-order valence-electron chi connectivity index (χ3n) is 3.73. The van der Waals surface area contributed by atoms with Gasteiger partial charge in [0.25, 0.3) is 0 Å². The van der Waals surface area contributed by atoms with E-state index in [4.69, 9.17) is 0 Å². The fourth-order valence-corrected chi connectivity index (χ4v) is 4.11. The Morgan fingerprint density at radius 1 is 1.05 bits per heavy atom. The van der Waals surface area contributed by atoms with Gasteiger partial charge in [-0.15, -0.1) is 0 Å². The Balaban J connectivity index is 1.90. The molecule has 0 aliphatic carbocycles. The fourth-order valence-electron chi connectivity index (χ4n) is 2.64. The second-order valence-electron chi connectivity index (χ2n) is 5.22. The highest BCUT2D eigenvalue weighted by molar-refractivity contribution is 7.89. The molecule has 0 radical (unpaired) electrons. The molecule has 110 valence electrons. The van der Waals surface area contributed by atoms with E-state index in [1.54, 1.807) is 18.2 Å². The van der Waals surface area contributed by atoms with Crippen LogP contribution in [0.2, 0.25) is 0 Å². The predicted molar refractivity (Wildman–Crippen MR) is 82.1 cm³/mol. The zero-order chi connectivity index (χ0) is 14.9. The second kappa shape index (κ2) is 5.60. The van der Waals surface area contributed by atoms with Gasteiger partial charge in [-0.1, -0.05) is 36.4 Å². The molecular formula is C16H18N2O2S. The van der Waals surface area contributed by atoms with Crippen molar-refractivity contribution in [2.75, 3.05) is 7.05 Å². The third kappa shape index (κ3) is 2.72. The van der Waals surface area contributed by atoms with Crippen molar-refractivity contribution in [3.8, 4) is 0 Å². The first-order chi connectivity index (χ1) is 10.1. The van der Waals surface area contributed by atoms with E-state index in [1.165, 1.54) is 4.31 Å². The molecule has 2 aromatic rings. The Bertz CT molecular complexity index is 731. The summed E-state index contributed by atoms with van der Waals surface area (Å²) in [6, 6.07) is 15.0. The van der Waals surface area contributed by atoms with Crippen LogP contribution in [0.25, 0.3) is 0 Å². The quantitative estimate of drug-likeness (QED) is 0.941. The van der Waals surface area contributed by atoms with E-state index in [0.29, 0.717) is 24.5 Å². The summed E-state index contributed by atoms with van der Waals surface area (Å²) >= 11 is 0. The van der Waals surface area contributed by atoms with Crippen LogP contribution in [0, 0.1) is 0 Å². The van der Waals surface area contributed by atoms with E-state index in [-0.39, 0.29) is 0 Å². The maximum absolute atomic E-state index is 12.8. The number of fused-ring (bicyclic) bond motifs is 1. The largest absolute Gasteiger partial charge is 0.316 e. The zero-order valence-corrected chi connectivity index (χ0v) is 12.7. The number of sulfonamides is 1. The molecule has 4 nitrogen and oxygen atoms in total. The molecule has 3 rings (SSSR count). The van der Waals surface area contributed by atoms with Crippen molar-refractivity contribution in [2.45, 2.75) is 24.5 Å². The first kappa shape index (κ1) is 14.3. The molecule has 1 aliphatic heterocycles. The van der Waals surface area contributed by atoms with E-state index >= 15 is 0 Å². The van der Waals surface area contributed by atoms with Gasteiger partial charge in [-0.25, -0.2) is 8.42 Å². The van der Waals surface area contributed by atoms with Crippen molar-refractivity contribution in [1.82, 2.24) is 9.62 Å². The molecule has 2 aromatic carbocycles. The fraction of sp³-hybridized carbons (Fsp3) is 0.250. The second-order valence-corrected chi connectivity index (χ2v) is 7.16. The monoisotopic (exact) mass is 302 g/mol. The lowest BCUT2D eigenvalue weighted by atomic mass is 10.1. The minimum atomic E-state index is -3.44. The molecule has 0 amide bonds. The smallest absolute Gasteiger partial charge is 0.243 e. The standard InChI is InChI=1S/C16H18N2O2S/c1-17-10-13-5-4-8-16(9-13)21(19,20)18-11-14-6-2-3-7-15(14)12-18/h2-9,17H,10-12H2,1H3. The first-order valence-electron chi connectivity index (χ1n) is 6.92. The van der Waals surface area contributed by atoms with Crippen molar-refractivity contribution >= 4 is 10.0 Å². The lowest BCUT2D eigenvalue weighted by Gasteiger charge is -2.16. The molecular weight excluding hydrogens is 284 g/mol. The third-order valence-corrected chi connectivity index (χ3v) is 5.52. The molecule has 0 saturated carbocycles. The van der Waals surface area contributed by atoms with Gasteiger partial charge in [-0.2, -0.15) is 4.31 Å². The summed E-state index contributed by atoms with van der Waals surface area (Å²) in [7, 11) is -1.60. The maximum Gasteiger partial charge on any atom is 0.243 e. The van der Waals surface area contributed by atoms with Crippen LogP contribution in [0.15, 0.2) is 53.4 Å². The highest BCUT2D eigenvalue weighted by atomic mass is 32.2. The average Bonchev–Trinajstić information content (AvgIpc) is 2.92. The Hall–Kier alpha value is -1.69. The van der Waals surface area contributed by atoms with Crippen LogP contribution in [0.5, 0.6) is 0 Å². The summed E-state index contributed by atoms with van der Waals surface area (Å²) in [5, 5.41) is 3.04. The van der Waals surface area contributed by atoms with Gasteiger partial charge in [0, 0.05) is 19.6 Å². The van der Waals surface area contributed by atoms with Crippen LogP contribution in [0.1, 0.15) is 16.7 Å². The lowest BCUT2D eigenvalue weighted by molar-refractivity contribution is 0.431. The van der Waals surface area contributed by atoms with Crippen molar-refractivity contribution in [3.63, 3.8) is 0 Å². The molecule has 0 saturated heterocycles. The summed E-state index contributed by atoms with van der Waals surface area (Å²) in [4.78, 5) is 0.364. The Kier molecular flexibility index (Phi) is 3.80. The topological polar surface area (TPSA) is 49.4 Å². The highest BCUT2D eigenvalue weighted by Crippen LogP contribution is 2.28. The van der Waals surface area contributed by atoms with E-state index in [2.05, 4.69) is 5.32 Å². The van der Waals surface area contributed by atoms with Gasteiger partial charge < -0.3 is 5.32 Å². The summed E-state index contributed by atoms with van der Waals surface area (Å²) in [6.07, 6.45) is 0. The number of nitrogens with zero attached hydrogens (tertiary/aromatic N) is 1. The zero-order valence-electron chi connectivity index (χ0n) is 11.9. The first-order valence-corrected chi connectivity index (χ1v) is 8.36. The lowest BCUT2D eigenvalue weighted by Crippen LogP contribution is -2.25. The van der Waals surface area contributed by atoms with Gasteiger partial charge in [0.1, 0.15) is 0 Å². The predicted octanol–water partition coefficient (Wildman–Crippen LogP) is 2.11. The molecule has 21 heavy (non-hydrogen) atoms. The molecule has 0 atom stereocenters. The summed E-state index contributed by atoms with van der Waals surface area (Å²) in [5.74, 6) is 0. The van der Waals surface area contributed by atoms with E-state index < -0.39 is 10.0 Å². The molecule has 5 heteroatoms. The van der Waals surface area contributed by atoms with Crippen molar-refractivity contribution in [2.24, 2.45) is 0 Å². The number of hydrogen-bond acceptors (Lipinski definition) is 3. The molecule has 0 unspecified atom stereocenters. The van der Waals surface area contributed by atoms with Crippen molar-refractivity contribution in [1.29, 1.82) is 0 Å². The Labute approximate surface area is 125 Å². The molecule has 1 heterocycles. The van der Waals surface area contributed by atoms with E-state index in [1.807, 2.05) is 37.4 Å². The van der Waals surface area contributed by atoms with Gasteiger partial charge in [-0.3, -0.25) is 0 Å². The van der Waals surface area contributed by atoms with Crippen LogP contribution in [0.4, 0.5) is 0 Å². The van der Waals surface area contributed by atoms with Crippen LogP contribution in [-0.2, 0) is 29.7 Å². The van der Waals surface area contributed by atoms with Gasteiger partial charge in [0.2, 0.25) is 10.0 Å². The van der Waals surface area contributed by atoms with Crippen molar-refractivity contribution < 1.29 is 8.42 Å².